The summed E-state index contributed by atoms with van der Waals surface area (Å²) in [5.41, 5.74) is 1.17. The normalized spacial score (nSPS) is 20.4. The minimum Gasteiger partial charge on any atom is -0.446 e. The minimum absolute atomic E-state index is 0.00743. The third kappa shape index (κ3) is 3.62. The first-order chi connectivity index (χ1) is 14.1. The molecule has 158 valence electrons. The fraction of sp³-hybridized carbons (Fsp3) is 0.636. The SMILES string of the molecule is CCOC(CN1C(=O)C2(CN(C(=O)OC3CCCC3)C2)c2ccccc21)OCC. The molecule has 0 atom stereocenters. The number of anilines is 1. The van der Waals surface area contributed by atoms with Crippen molar-refractivity contribution in [2.24, 2.45) is 0 Å². The lowest BCUT2D eigenvalue weighted by Crippen LogP contribution is -2.65. The lowest BCUT2D eigenvalue weighted by molar-refractivity contribution is -0.139. The summed E-state index contributed by atoms with van der Waals surface area (Å²) >= 11 is 0. The van der Waals surface area contributed by atoms with Gasteiger partial charge in [0.2, 0.25) is 5.91 Å². The number of amides is 2. The molecule has 0 aromatic heterocycles. The molecular weight excluding hydrogens is 372 g/mol. The molecule has 1 aromatic carbocycles. The van der Waals surface area contributed by atoms with Crippen molar-refractivity contribution in [3.8, 4) is 0 Å². The van der Waals surface area contributed by atoms with E-state index in [0.717, 1.165) is 36.9 Å². The topological polar surface area (TPSA) is 68.3 Å². The van der Waals surface area contributed by atoms with Gasteiger partial charge >= 0.3 is 6.09 Å². The molecule has 1 saturated carbocycles. The maximum atomic E-state index is 13.5. The molecule has 0 radical (unpaired) electrons. The summed E-state index contributed by atoms with van der Waals surface area (Å²) in [4.78, 5) is 29.4. The Morgan fingerprint density at radius 2 is 1.79 bits per heavy atom. The monoisotopic (exact) mass is 402 g/mol. The molecular formula is C22H30N2O5. The average molecular weight is 402 g/mol. The number of likely N-dealkylation sites (tertiary alicyclic amines) is 1. The van der Waals surface area contributed by atoms with Crippen LogP contribution < -0.4 is 4.90 Å². The van der Waals surface area contributed by atoms with Gasteiger partial charge < -0.3 is 24.0 Å². The number of hydrogen-bond acceptors (Lipinski definition) is 5. The number of rotatable bonds is 7. The van der Waals surface area contributed by atoms with E-state index in [1.807, 2.05) is 38.1 Å². The molecule has 4 rings (SSSR count). The molecule has 0 N–H and O–H groups in total. The van der Waals surface area contributed by atoms with E-state index in [1.54, 1.807) is 9.80 Å². The van der Waals surface area contributed by atoms with Crippen LogP contribution in [-0.4, -0.2) is 62.1 Å². The molecule has 2 fully saturated rings. The van der Waals surface area contributed by atoms with E-state index < -0.39 is 11.7 Å². The molecule has 29 heavy (non-hydrogen) atoms. The zero-order chi connectivity index (χ0) is 20.4. The first-order valence-corrected chi connectivity index (χ1v) is 10.7. The van der Waals surface area contributed by atoms with E-state index in [0.29, 0.717) is 32.8 Å². The number of para-hydroxylation sites is 1. The fourth-order valence-electron chi connectivity index (χ4n) is 4.72. The van der Waals surface area contributed by atoms with Crippen LogP contribution in [0.3, 0.4) is 0 Å². The minimum atomic E-state index is -0.686. The van der Waals surface area contributed by atoms with Crippen LogP contribution in [0.1, 0.15) is 45.1 Å². The van der Waals surface area contributed by atoms with Crippen LogP contribution in [0.2, 0.25) is 0 Å². The second-order valence-electron chi connectivity index (χ2n) is 8.00. The first kappa shape index (κ1) is 20.2. The molecule has 1 aromatic rings. The van der Waals surface area contributed by atoms with Gasteiger partial charge in [-0.15, -0.1) is 0 Å². The van der Waals surface area contributed by atoms with Gasteiger partial charge in [0.15, 0.2) is 6.29 Å². The van der Waals surface area contributed by atoms with Gasteiger partial charge in [-0.1, -0.05) is 18.2 Å². The van der Waals surface area contributed by atoms with Crippen LogP contribution in [0.5, 0.6) is 0 Å². The average Bonchev–Trinajstić information content (AvgIpc) is 3.26. The van der Waals surface area contributed by atoms with E-state index in [-0.39, 0.29) is 18.1 Å². The molecule has 1 aliphatic carbocycles. The van der Waals surface area contributed by atoms with E-state index in [4.69, 9.17) is 14.2 Å². The molecule has 0 unspecified atom stereocenters. The molecule has 1 saturated heterocycles. The summed E-state index contributed by atoms with van der Waals surface area (Å²) in [6.45, 7) is 5.91. The Labute approximate surface area is 171 Å². The van der Waals surface area contributed by atoms with Crippen molar-refractivity contribution in [3.63, 3.8) is 0 Å². The van der Waals surface area contributed by atoms with Crippen LogP contribution in [0, 0.1) is 0 Å². The molecule has 2 heterocycles. The third-order valence-corrected chi connectivity index (χ3v) is 6.15. The zero-order valence-corrected chi connectivity index (χ0v) is 17.3. The third-order valence-electron chi connectivity index (χ3n) is 6.15. The first-order valence-electron chi connectivity index (χ1n) is 10.7. The van der Waals surface area contributed by atoms with Gasteiger partial charge in [-0.2, -0.15) is 0 Å². The van der Waals surface area contributed by atoms with Crippen LogP contribution >= 0.6 is 0 Å². The van der Waals surface area contributed by atoms with Crippen LogP contribution in [0.4, 0.5) is 10.5 Å². The second kappa shape index (κ2) is 8.32. The number of carbonyl (C=O) groups excluding carboxylic acids is 2. The number of ether oxygens (including phenoxy) is 3. The number of hydrogen-bond donors (Lipinski definition) is 0. The quantitative estimate of drug-likeness (QED) is 0.656. The molecule has 2 aliphatic heterocycles. The lowest BCUT2D eigenvalue weighted by atomic mass is 9.75. The largest absolute Gasteiger partial charge is 0.446 e. The summed E-state index contributed by atoms with van der Waals surface area (Å²) in [5, 5.41) is 0. The molecule has 7 heteroatoms. The van der Waals surface area contributed by atoms with Crippen molar-refractivity contribution in [1.29, 1.82) is 0 Å². The molecule has 7 nitrogen and oxygen atoms in total. The van der Waals surface area contributed by atoms with E-state index >= 15 is 0 Å². The smallest absolute Gasteiger partial charge is 0.410 e. The van der Waals surface area contributed by atoms with Gasteiger partial charge in [0.25, 0.3) is 0 Å². The highest BCUT2D eigenvalue weighted by Crippen LogP contribution is 2.47. The summed E-state index contributed by atoms with van der Waals surface area (Å²) in [5.74, 6) is 0.00743. The van der Waals surface area contributed by atoms with Crippen LogP contribution in [0.25, 0.3) is 0 Å². The fourth-order valence-corrected chi connectivity index (χ4v) is 4.72. The number of benzene rings is 1. The number of carbonyl (C=O) groups is 2. The summed E-state index contributed by atoms with van der Waals surface area (Å²) in [6, 6.07) is 7.82. The summed E-state index contributed by atoms with van der Waals surface area (Å²) in [7, 11) is 0. The Morgan fingerprint density at radius 3 is 2.45 bits per heavy atom. The van der Waals surface area contributed by atoms with Gasteiger partial charge in [-0.25, -0.2) is 4.79 Å². The number of nitrogens with zero attached hydrogens (tertiary/aromatic N) is 2. The van der Waals surface area contributed by atoms with Gasteiger partial charge in [0.1, 0.15) is 11.5 Å². The predicted octanol–water partition coefficient (Wildman–Crippen LogP) is 3.06. The maximum Gasteiger partial charge on any atom is 0.410 e. The van der Waals surface area contributed by atoms with Crippen molar-refractivity contribution in [3.05, 3.63) is 29.8 Å². The highest BCUT2D eigenvalue weighted by Gasteiger charge is 2.59. The number of fused-ring (bicyclic) bond motifs is 2. The highest BCUT2D eigenvalue weighted by atomic mass is 16.7. The van der Waals surface area contributed by atoms with Gasteiger partial charge in [-0.3, -0.25) is 4.79 Å². The molecule has 0 bridgehead atoms. The van der Waals surface area contributed by atoms with Gasteiger partial charge in [0.05, 0.1) is 6.54 Å². The summed E-state index contributed by atoms with van der Waals surface area (Å²) in [6.07, 6.45) is 3.37. The Bertz CT molecular complexity index is 749. The Hall–Kier alpha value is -2.12. The molecule has 1 spiro atoms. The van der Waals surface area contributed by atoms with Crippen molar-refractivity contribution in [2.45, 2.75) is 57.3 Å². The highest BCUT2D eigenvalue weighted by molar-refractivity contribution is 6.10. The Kier molecular flexibility index (Phi) is 5.79. The van der Waals surface area contributed by atoms with Crippen LogP contribution in [0.15, 0.2) is 24.3 Å². The van der Waals surface area contributed by atoms with E-state index in [1.165, 1.54) is 0 Å². The van der Waals surface area contributed by atoms with Crippen molar-refractivity contribution >= 4 is 17.7 Å². The van der Waals surface area contributed by atoms with Crippen molar-refractivity contribution < 1.29 is 23.8 Å². The zero-order valence-electron chi connectivity index (χ0n) is 17.3. The Morgan fingerprint density at radius 1 is 1.14 bits per heavy atom. The van der Waals surface area contributed by atoms with Gasteiger partial charge in [0, 0.05) is 32.0 Å². The van der Waals surface area contributed by atoms with Gasteiger partial charge in [-0.05, 0) is 51.2 Å². The Balaban J connectivity index is 1.49. The van der Waals surface area contributed by atoms with Crippen molar-refractivity contribution in [2.75, 3.05) is 37.7 Å². The van der Waals surface area contributed by atoms with Crippen molar-refractivity contribution in [1.82, 2.24) is 4.90 Å². The maximum absolute atomic E-state index is 13.5. The standard InChI is InChI=1S/C22H30N2O5/c1-3-27-19(28-4-2)13-24-18-12-8-7-11-17(18)22(20(24)25)14-23(15-22)21(26)29-16-9-5-6-10-16/h7-8,11-12,16,19H,3-6,9-10,13-15H2,1-2H3. The second-order valence-corrected chi connectivity index (χ2v) is 8.00. The lowest BCUT2D eigenvalue weighted by Gasteiger charge is -2.46. The van der Waals surface area contributed by atoms with Crippen LogP contribution in [-0.2, 0) is 24.4 Å². The van der Waals surface area contributed by atoms with E-state index in [9.17, 15) is 9.59 Å². The van der Waals surface area contributed by atoms with E-state index in [2.05, 4.69) is 0 Å². The predicted molar refractivity (Wildman–Crippen MR) is 108 cm³/mol. The molecule has 3 aliphatic rings. The molecule has 2 amide bonds. The summed E-state index contributed by atoms with van der Waals surface area (Å²) < 4.78 is 16.9.